The molecule has 0 aliphatic rings. The van der Waals surface area contributed by atoms with Gasteiger partial charge < -0.3 is 5.32 Å². The number of sulfonamides is 1. The molecule has 0 aliphatic heterocycles. The number of rotatable bonds is 6. The highest BCUT2D eigenvalue weighted by Crippen LogP contribution is 2.11. The molecule has 0 saturated carbocycles. The summed E-state index contributed by atoms with van der Waals surface area (Å²) in [6, 6.07) is 1.26. The van der Waals surface area contributed by atoms with Gasteiger partial charge in [-0.15, -0.1) is 0 Å². The molecule has 19 heavy (non-hydrogen) atoms. The van der Waals surface area contributed by atoms with E-state index in [-0.39, 0.29) is 16.4 Å². The van der Waals surface area contributed by atoms with E-state index in [2.05, 4.69) is 17.2 Å². The molecule has 0 radical (unpaired) electrons. The van der Waals surface area contributed by atoms with Gasteiger partial charge in [0.1, 0.15) is 4.90 Å². The van der Waals surface area contributed by atoms with Crippen LogP contribution in [0.1, 0.15) is 42.2 Å². The summed E-state index contributed by atoms with van der Waals surface area (Å²) in [6.45, 7) is 4.28. The first-order valence-electron chi connectivity index (χ1n) is 6.14. The molecular formula is C12H19N3O3S. The molecule has 7 heteroatoms. The normalized spacial score (nSPS) is 11.3. The summed E-state index contributed by atoms with van der Waals surface area (Å²) in [5.41, 5.74) is 0.711. The Kier molecular flexibility index (Phi) is 5.44. The number of amides is 1. The van der Waals surface area contributed by atoms with Crippen molar-refractivity contribution in [3.8, 4) is 0 Å². The van der Waals surface area contributed by atoms with Crippen molar-refractivity contribution in [2.75, 3.05) is 6.54 Å². The second-order valence-corrected chi connectivity index (χ2v) is 5.87. The van der Waals surface area contributed by atoms with Crippen molar-refractivity contribution < 1.29 is 13.2 Å². The Labute approximate surface area is 113 Å². The monoisotopic (exact) mass is 285 g/mol. The fourth-order valence-electron chi connectivity index (χ4n) is 1.57. The van der Waals surface area contributed by atoms with Crippen LogP contribution in [-0.2, 0) is 10.0 Å². The number of primary sulfonamides is 1. The van der Waals surface area contributed by atoms with E-state index in [9.17, 15) is 13.2 Å². The number of aromatic nitrogens is 1. The summed E-state index contributed by atoms with van der Waals surface area (Å²) >= 11 is 0. The number of unbranched alkanes of at least 4 members (excludes halogenated alkanes) is 2. The van der Waals surface area contributed by atoms with Gasteiger partial charge in [-0.3, -0.25) is 9.78 Å². The van der Waals surface area contributed by atoms with Crippen molar-refractivity contribution in [2.24, 2.45) is 5.14 Å². The Morgan fingerprint density at radius 2 is 2.11 bits per heavy atom. The second-order valence-electron chi connectivity index (χ2n) is 4.31. The van der Waals surface area contributed by atoms with Crippen LogP contribution in [0.25, 0.3) is 0 Å². The molecule has 3 N–H and O–H groups in total. The zero-order chi connectivity index (χ0) is 14.5. The van der Waals surface area contributed by atoms with E-state index >= 15 is 0 Å². The molecule has 1 aromatic rings. The first-order chi connectivity index (χ1) is 8.86. The highest BCUT2D eigenvalue weighted by molar-refractivity contribution is 7.89. The zero-order valence-corrected chi connectivity index (χ0v) is 12.0. The van der Waals surface area contributed by atoms with Crippen LogP contribution < -0.4 is 10.5 Å². The van der Waals surface area contributed by atoms with Gasteiger partial charge in [0.05, 0.1) is 11.3 Å². The second kappa shape index (κ2) is 6.63. The lowest BCUT2D eigenvalue weighted by Crippen LogP contribution is -2.26. The fraction of sp³-hybridized carbons (Fsp3) is 0.500. The van der Waals surface area contributed by atoms with Crippen LogP contribution in [0.3, 0.4) is 0 Å². The van der Waals surface area contributed by atoms with Crippen LogP contribution in [0.2, 0.25) is 0 Å². The molecule has 0 aliphatic carbocycles. The Morgan fingerprint density at radius 1 is 1.42 bits per heavy atom. The van der Waals surface area contributed by atoms with Gasteiger partial charge in [-0.1, -0.05) is 19.8 Å². The minimum absolute atomic E-state index is 0.156. The summed E-state index contributed by atoms with van der Waals surface area (Å²) in [4.78, 5) is 15.7. The largest absolute Gasteiger partial charge is 0.352 e. The van der Waals surface area contributed by atoms with E-state index in [1.807, 2.05) is 0 Å². The number of carbonyl (C=O) groups excluding carboxylic acids is 1. The topological polar surface area (TPSA) is 102 Å². The molecule has 1 heterocycles. The number of hydrogen-bond donors (Lipinski definition) is 2. The molecule has 0 unspecified atom stereocenters. The Balaban J connectivity index is 2.84. The third kappa shape index (κ3) is 4.60. The van der Waals surface area contributed by atoms with Crippen molar-refractivity contribution in [3.05, 3.63) is 23.5 Å². The molecule has 1 rings (SSSR count). The van der Waals surface area contributed by atoms with E-state index in [0.717, 1.165) is 25.5 Å². The molecular weight excluding hydrogens is 266 g/mol. The average Bonchev–Trinajstić information content (AvgIpc) is 2.33. The maximum absolute atomic E-state index is 11.9. The third-order valence-corrected chi connectivity index (χ3v) is 3.58. The lowest BCUT2D eigenvalue weighted by molar-refractivity contribution is 0.0951. The van der Waals surface area contributed by atoms with Gasteiger partial charge >= 0.3 is 0 Å². The van der Waals surface area contributed by atoms with E-state index in [1.54, 1.807) is 6.92 Å². The average molecular weight is 285 g/mol. The SMILES string of the molecule is CCCCCNC(=O)c1cc(S(N)(=O)=O)cnc1C. The Bertz CT molecular complexity index is 555. The van der Waals surface area contributed by atoms with Gasteiger partial charge in [-0.05, 0) is 19.4 Å². The molecule has 0 spiro atoms. The van der Waals surface area contributed by atoms with E-state index in [1.165, 1.54) is 6.07 Å². The van der Waals surface area contributed by atoms with Gasteiger partial charge in [-0.2, -0.15) is 0 Å². The van der Waals surface area contributed by atoms with Crippen LogP contribution in [0.15, 0.2) is 17.2 Å². The molecule has 0 saturated heterocycles. The number of pyridine rings is 1. The van der Waals surface area contributed by atoms with Gasteiger partial charge in [0.2, 0.25) is 10.0 Å². The number of aryl methyl sites for hydroxylation is 1. The van der Waals surface area contributed by atoms with Crippen molar-refractivity contribution in [3.63, 3.8) is 0 Å². The smallest absolute Gasteiger partial charge is 0.253 e. The number of nitrogens with zero attached hydrogens (tertiary/aromatic N) is 1. The summed E-state index contributed by atoms with van der Waals surface area (Å²) in [7, 11) is -3.85. The molecule has 0 bridgehead atoms. The summed E-state index contributed by atoms with van der Waals surface area (Å²) in [5, 5.41) is 7.75. The third-order valence-electron chi connectivity index (χ3n) is 2.70. The van der Waals surface area contributed by atoms with Crippen LogP contribution in [0.5, 0.6) is 0 Å². The van der Waals surface area contributed by atoms with Crippen molar-refractivity contribution in [1.82, 2.24) is 10.3 Å². The molecule has 0 aromatic carbocycles. The summed E-state index contributed by atoms with van der Waals surface area (Å²) in [6.07, 6.45) is 4.15. The Hall–Kier alpha value is -1.47. The van der Waals surface area contributed by atoms with Gasteiger partial charge in [-0.25, -0.2) is 13.6 Å². The first-order valence-corrected chi connectivity index (χ1v) is 7.68. The van der Waals surface area contributed by atoms with Gasteiger partial charge in [0.15, 0.2) is 0 Å². The van der Waals surface area contributed by atoms with E-state index < -0.39 is 10.0 Å². The van der Waals surface area contributed by atoms with E-state index in [4.69, 9.17) is 5.14 Å². The molecule has 106 valence electrons. The first kappa shape index (κ1) is 15.6. The fourth-order valence-corrected chi connectivity index (χ4v) is 2.05. The summed E-state index contributed by atoms with van der Waals surface area (Å²) in [5.74, 6) is -0.327. The van der Waals surface area contributed by atoms with Crippen molar-refractivity contribution in [1.29, 1.82) is 0 Å². The highest BCUT2D eigenvalue weighted by Gasteiger charge is 2.15. The molecule has 6 nitrogen and oxygen atoms in total. The molecule has 1 aromatic heterocycles. The highest BCUT2D eigenvalue weighted by atomic mass is 32.2. The van der Waals surface area contributed by atoms with Crippen LogP contribution in [0.4, 0.5) is 0 Å². The van der Waals surface area contributed by atoms with E-state index in [0.29, 0.717) is 12.2 Å². The quantitative estimate of drug-likeness (QED) is 0.760. The standard InChI is InChI=1S/C12H19N3O3S/c1-3-4-5-6-14-12(16)11-7-10(19(13,17)18)8-15-9(11)2/h7-8H,3-6H2,1-2H3,(H,14,16)(H2,13,17,18). The number of nitrogens with two attached hydrogens (primary N) is 1. The lowest BCUT2D eigenvalue weighted by atomic mass is 10.2. The van der Waals surface area contributed by atoms with Crippen molar-refractivity contribution >= 4 is 15.9 Å². The number of carbonyl (C=O) groups is 1. The van der Waals surface area contributed by atoms with Gasteiger partial charge in [0, 0.05) is 12.7 Å². The molecule has 1 amide bonds. The number of hydrogen-bond acceptors (Lipinski definition) is 4. The maximum Gasteiger partial charge on any atom is 0.253 e. The van der Waals surface area contributed by atoms with Gasteiger partial charge in [0.25, 0.3) is 5.91 Å². The van der Waals surface area contributed by atoms with Crippen LogP contribution in [-0.4, -0.2) is 25.9 Å². The minimum atomic E-state index is -3.85. The van der Waals surface area contributed by atoms with Crippen LogP contribution >= 0.6 is 0 Å². The zero-order valence-electron chi connectivity index (χ0n) is 11.1. The predicted molar refractivity (Wildman–Crippen MR) is 72.2 cm³/mol. The predicted octanol–water partition coefficient (Wildman–Crippen LogP) is 0.957. The van der Waals surface area contributed by atoms with Crippen molar-refractivity contribution in [2.45, 2.75) is 38.0 Å². The minimum Gasteiger partial charge on any atom is -0.352 e. The summed E-state index contributed by atoms with van der Waals surface area (Å²) < 4.78 is 22.4. The Morgan fingerprint density at radius 3 is 2.68 bits per heavy atom. The number of nitrogens with one attached hydrogen (secondary N) is 1. The molecule has 0 atom stereocenters. The lowest BCUT2D eigenvalue weighted by Gasteiger charge is -2.08. The molecule has 0 fully saturated rings. The van der Waals surface area contributed by atoms with Crippen LogP contribution in [0, 0.1) is 6.92 Å². The maximum atomic E-state index is 11.9.